The number of ether oxygens (including phenoxy) is 1. The molecule has 0 fully saturated rings. The molecule has 1 heterocycles. The molecule has 21 heavy (non-hydrogen) atoms. The van der Waals surface area contributed by atoms with E-state index < -0.39 is 17.8 Å². The molecule has 0 aliphatic carbocycles. The number of carbonyl (C=O) groups excluding carboxylic acids is 1. The van der Waals surface area contributed by atoms with Crippen LogP contribution in [0.2, 0.25) is 0 Å². The first kappa shape index (κ1) is 15.1. The molecule has 0 aliphatic rings. The molecule has 0 aliphatic heterocycles. The maximum absolute atomic E-state index is 12.6. The van der Waals surface area contributed by atoms with E-state index in [1.807, 2.05) is 0 Å². The Hall–Kier alpha value is -2.31. The lowest BCUT2D eigenvalue weighted by atomic mass is 10.2. The van der Waals surface area contributed by atoms with Crippen molar-refractivity contribution in [2.75, 3.05) is 0 Å². The zero-order chi connectivity index (χ0) is 15.6. The quantitative estimate of drug-likeness (QED) is 0.867. The molecule has 0 bridgehead atoms. The summed E-state index contributed by atoms with van der Waals surface area (Å²) in [6.07, 6.45) is -3.60. The van der Waals surface area contributed by atoms with Crippen molar-refractivity contribution >= 4 is 5.91 Å². The van der Waals surface area contributed by atoms with Gasteiger partial charge in [-0.1, -0.05) is 6.07 Å². The summed E-state index contributed by atoms with van der Waals surface area (Å²) in [5, 5.41) is 3.84. The van der Waals surface area contributed by atoms with Crippen molar-refractivity contribution < 1.29 is 22.7 Å². The van der Waals surface area contributed by atoms with Gasteiger partial charge in [-0.05, 0) is 31.2 Å². The van der Waals surface area contributed by atoms with Crippen molar-refractivity contribution in [3.63, 3.8) is 0 Å². The van der Waals surface area contributed by atoms with Crippen LogP contribution in [0.1, 0.15) is 36.0 Å². The Morgan fingerprint density at radius 3 is 2.67 bits per heavy atom. The van der Waals surface area contributed by atoms with Crippen LogP contribution in [0.3, 0.4) is 0 Å². The van der Waals surface area contributed by atoms with Crippen molar-refractivity contribution in [1.29, 1.82) is 0 Å². The average Bonchev–Trinajstić information content (AvgIpc) is 2.87. The van der Waals surface area contributed by atoms with Crippen LogP contribution in [0.4, 0.5) is 13.2 Å². The highest BCUT2D eigenvalue weighted by atomic mass is 19.4. The molecule has 112 valence electrons. The molecule has 0 amide bonds. The lowest BCUT2D eigenvalue weighted by Gasteiger charge is -2.16. The van der Waals surface area contributed by atoms with Crippen molar-refractivity contribution in [2.24, 2.45) is 0 Å². The topological polar surface area (TPSA) is 44.1 Å². The summed E-state index contributed by atoms with van der Waals surface area (Å²) in [6, 6.07) is 6.18. The standard InChI is InChI=1S/C14H13F3N2O2/c1-9(13-6-7-18-19(13)10(2)20)21-12-5-3-4-11(8-12)14(15,16)17/h3-9H,1-2H3. The highest BCUT2D eigenvalue weighted by Crippen LogP contribution is 2.32. The Kier molecular flexibility index (Phi) is 4.02. The summed E-state index contributed by atoms with van der Waals surface area (Å²) < 4.78 is 44.5. The van der Waals surface area contributed by atoms with Crippen molar-refractivity contribution in [3.05, 3.63) is 47.8 Å². The van der Waals surface area contributed by atoms with Crippen LogP contribution in [0.25, 0.3) is 0 Å². The van der Waals surface area contributed by atoms with Crippen molar-refractivity contribution in [1.82, 2.24) is 9.78 Å². The van der Waals surface area contributed by atoms with Crippen LogP contribution in [0.5, 0.6) is 5.75 Å². The molecule has 1 atom stereocenters. The van der Waals surface area contributed by atoms with E-state index >= 15 is 0 Å². The van der Waals surface area contributed by atoms with Crippen molar-refractivity contribution in [3.8, 4) is 5.75 Å². The number of hydrogen-bond donors (Lipinski definition) is 0. The van der Waals surface area contributed by atoms with Crippen LogP contribution < -0.4 is 4.74 Å². The van der Waals surface area contributed by atoms with Crippen LogP contribution in [-0.4, -0.2) is 15.7 Å². The molecule has 2 aromatic rings. The van der Waals surface area contributed by atoms with Crippen LogP contribution in [0, 0.1) is 0 Å². The number of alkyl halides is 3. The Morgan fingerprint density at radius 1 is 1.33 bits per heavy atom. The molecule has 0 N–H and O–H groups in total. The Bertz CT molecular complexity index is 650. The summed E-state index contributed by atoms with van der Waals surface area (Å²) in [6.45, 7) is 2.98. The van der Waals surface area contributed by atoms with Gasteiger partial charge in [0.05, 0.1) is 11.3 Å². The fourth-order valence-corrected chi connectivity index (χ4v) is 1.89. The number of nitrogens with zero attached hydrogens (tertiary/aromatic N) is 2. The molecule has 2 rings (SSSR count). The van der Waals surface area contributed by atoms with E-state index in [2.05, 4.69) is 5.10 Å². The van der Waals surface area contributed by atoms with E-state index in [1.54, 1.807) is 13.0 Å². The van der Waals surface area contributed by atoms with E-state index in [0.717, 1.165) is 16.8 Å². The van der Waals surface area contributed by atoms with Gasteiger partial charge in [0.2, 0.25) is 5.91 Å². The number of halogens is 3. The average molecular weight is 298 g/mol. The molecular weight excluding hydrogens is 285 g/mol. The van der Waals surface area contributed by atoms with Gasteiger partial charge in [0.1, 0.15) is 11.9 Å². The van der Waals surface area contributed by atoms with E-state index in [-0.39, 0.29) is 11.7 Å². The van der Waals surface area contributed by atoms with Crippen LogP contribution in [0.15, 0.2) is 36.5 Å². The summed E-state index contributed by atoms with van der Waals surface area (Å²) in [4.78, 5) is 11.4. The second-order valence-corrected chi connectivity index (χ2v) is 4.47. The third-order valence-electron chi connectivity index (χ3n) is 2.86. The SMILES string of the molecule is CC(=O)n1nccc1C(C)Oc1cccc(C(F)(F)F)c1. The van der Waals surface area contributed by atoms with Gasteiger partial charge < -0.3 is 4.74 Å². The first-order valence-electron chi connectivity index (χ1n) is 6.18. The second-order valence-electron chi connectivity index (χ2n) is 4.47. The summed E-state index contributed by atoms with van der Waals surface area (Å²) in [5.74, 6) is -0.219. The van der Waals surface area contributed by atoms with Crippen molar-refractivity contribution in [2.45, 2.75) is 26.1 Å². The predicted molar refractivity (Wildman–Crippen MR) is 69.0 cm³/mol. The normalized spacial score (nSPS) is 13.0. The lowest BCUT2D eigenvalue weighted by Crippen LogP contribution is -2.16. The van der Waals surface area contributed by atoms with Gasteiger partial charge >= 0.3 is 6.18 Å². The molecule has 1 aromatic carbocycles. The Labute approximate surface area is 119 Å². The van der Waals surface area contributed by atoms with Crippen LogP contribution in [-0.2, 0) is 6.18 Å². The maximum Gasteiger partial charge on any atom is 0.416 e. The molecule has 0 radical (unpaired) electrons. The van der Waals surface area contributed by atoms with Gasteiger partial charge in [0, 0.05) is 13.1 Å². The van der Waals surface area contributed by atoms with Gasteiger partial charge in [-0.25, -0.2) is 4.68 Å². The first-order valence-corrected chi connectivity index (χ1v) is 6.18. The number of hydrogen-bond acceptors (Lipinski definition) is 3. The number of carbonyl (C=O) groups is 1. The molecule has 7 heteroatoms. The highest BCUT2D eigenvalue weighted by molar-refractivity contribution is 5.75. The smallest absolute Gasteiger partial charge is 0.416 e. The molecule has 1 unspecified atom stereocenters. The van der Waals surface area contributed by atoms with Gasteiger partial charge in [-0.15, -0.1) is 0 Å². The van der Waals surface area contributed by atoms with E-state index in [1.165, 1.54) is 25.3 Å². The summed E-state index contributed by atoms with van der Waals surface area (Å²) >= 11 is 0. The van der Waals surface area contributed by atoms with Crippen LogP contribution >= 0.6 is 0 Å². The predicted octanol–water partition coefficient (Wildman–Crippen LogP) is 3.70. The van der Waals surface area contributed by atoms with Gasteiger partial charge in [0.15, 0.2) is 0 Å². The fraction of sp³-hybridized carbons (Fsp3) is 0.286. The minimum absolute atomic E-state index is 0.0774. The van der Waals surface area contributed by atoms with E-state index in [0.29, 0.717) is 5.69 Å². The molecular formula is C14H13F3N2O2. The molecule has 0 spiro atoms. The Balaban J connectivity index is 2.22. The molecule has 4 nitrogen and oxygen atoms in total. The first-order chi connectivity index (χ1) is 9.79. The van der Waals surface area contributed by atoms with Gasteiger partial charge in [-0.3, -0.25) is 4.79 Å². The third-order valence-corrected chi connectivity index (χ3v) is 2.86. The minimum Gasteiger partial charge on any atom is -0.484 e. The number of aromatic nitrogens is 2. The zero-order valence-corrected chi connectivity index (χ0v) is 11.4. The highest BCUT2D eigenvalue weighted by Gasteiger charge is 2.30. The minimum atomic E-state index is -4.43. The summed E-state index contributed by atoms with van der Waals surface area (Å²) in [5.41, 5.74) is -0.313. The number of benzene rings is 1. The van der Waals surface area contributed by atoms with E-state index in [9.17, 15) is 18.0 Å². The fourth-order valence-electron chi connectivity index (χ4n) is 1.89. The molecule has 0 saturated heterocycles. The third kappa shape index (κ3) is 3.42. The zero-order valence-electron chi connectivity index (χ0n) is 11.4. The summed E-state index contributed by atoms with van der Waals surface area (Å²) in [7, 11) is 0. The number of rotatable bonds is 3. The Morgan fingerprint density at radius 2 is 2.05 bits per heavy atom. The van der Waals surface area contributed by atoms with Gasteiger partial charge in [0.25, 0.3) is 0 Å². The lowest BCUT2D eigenvalue weighted by molar-refractivity contribution is -0.137. The van der Waals surface area contributed by atoms with Gasteiger partial charge in [-0.2, -0.15) is 18.3 Å². The maximum atomic E-state index is 12.6. The molecule has 1 aromatic heterocycles. The molecule has 0 saturated carbocycles. The van der Waals surface area contributed by atoms with E-state index in [4.69, 9.17) is 4.74 Å². The monoisotopic (exact) mass is 298 g/mol. The second kappa shape index (κ2) is 5.59. The largest absolute Gasteiger partial charge is 0.484 e.